The zero-order valence-electron chi connectivity index (χ0n) is 15.6. The maximum atomic E-state index is 12.6. The summed E-state index contributed by atoms with van der Waals surface area (Å²) in [5.74, 6) is -0.0755. The van der Waals surface area contributed by atoms with Crippen molar-refractivity contribution in [3.63, 3.8) is 0 Å². The number of carbonyl (C=O) groups is 2. The van der Waals surface area contributed by atoms with Crippen LogP contribution in [-0.4, -0.2) is 25.1 Å². The summed E-state index contributed by atoms with van der Waals surface area (Å²) in [6, 6.07) is 12.0. The molecule has 0 atom stereocenters. The maximum absolute atomic E-state index is 12.6. The largest absolute Gasteiger partial charge is 0.493 e. The third-order valence-electron chi connectivity index (χ3n) is 3.81. The van der Waals surface area contributed by atoms with Gasteiger partial charge in [0.1, 0.15) is 5.75 Å². The van der Waals surface area contributed by atoms with Crippen LogP contribution in [0.5, 0.6) is 5.75 Å². The summed E-state index contributed by atoms with van der Waals surface area (Å²) in [6.07, 6.45) is 2.12. The minimum absolute atomic E-state index is 0.200. The van der Waals surface area contributed by atoms with E-state index in [1.807, 2.05) is 0 Å². The van der Waals surface area contributed by atoms with E-state index in [0.717, 1.165) is 18.4 Å². The molecular formula is C21H24ClNO4. The van der Waals surface area contributed by atoms with Crippen molar-refractivity contribution in [2.45, 2.75) is 33.1 Å². The Morgan fingerprint density at radius 2 is 1.81 bits per heavy atom. The van der Waals surface area contributed by atoms with E-state index in [-0.39, 0.29) is 18.3 Å². The van der Waals surface area contributed by atoms with E-state index in [9.17, 15) is 9.59 Å². The van der Waals surface area contributed by atoms with Crippen LogP contribution in [0, 0.1) is 0 Å². The van der Waals surface area contributed by atoms with Crippen LogP contribution in [0.3, 0.4) is 0 Å². The number of esters is 1. The fourth-order valence-electron chi connectivity index (χ4n) is 2.42. The SMILES string of the molecule is CCCCOc1ccc(Cl)cc1C(=O)Nc1ccc(CC(=O)OCC)cc1. The first-order valence-corrected chi connectivity index (χ1v) is 9.39. The van der Waals surface area contributed by atoms with Crippen molar-refractivity contribution < 1.29 is 19.1 Å². The second-order valence-electron chi connectivity index (χ2n) is 5.98. The first kappa shape index (κ1) is 20.8. The Hall–Kier alpha value is -2.53. The minimum Gasteiger partial charge on any atom is -0.493 e. The van der Waals surface area contributed by atoms with Crippen LogP contribution >= 0.6 is 11.6 Å². The van der Waals surface area contributed by atoms with Crippen molar-refractivity contribution in [1.82, 2.24) is 0 Å². The molecule has 0 saturated carbocycles. The van der Waals surface area contributed by atoms with Crippen LogP contribution < -0.4 is 10.1 Å². The van der Waals surface area contributed by atoms with Gasteiger partial charge in [-0.25, -0.2) is 0 Å². The molecule has 5 nitrogen and oxygen atoms in total. The lowest BCUT2D eigenvalue weighted by atomic mass is 10.1. The summed E-state index contributed by atoms with van der Waals surface area (Å²) in [5.41, 5.74) is 1.82. The van der Waals surface area contributed by atoms with Crippen LogP contribution in [0.4, 0.5) is 5.69 Å². The summed E-state index contributed by atoms with van der Waals surface area (Å²) in [7, 11) is 0. The number of rotatable bonds is 9. The average molecular weight is 390 g/mol. The van der Waals surface area contributed by atoms with Gasteiger partial charge in [0.15, 0.2) is 0 Å². The number of anilines is 1. The van der Waals surface area contributed by atoms with Gasteiger partial charge in [-0.1, -0.05) is 37.1 Å². The molecule has 0 aliphatic rings. The van der Waals surface area contributed by atoms with Gasteiger partial charge in [-0.05, 0) is 49.2 Å². The molecule has 0 spiro atoms. The summed E-state index contributed by atoms with van der Waals surface area (Å²) >= 11 is 6.04. The minimum atomic E-state index is -0.304. The molecule has 0 aliphatic carbocycles. The van der Waals surface area contributed by atoms with Crippen LogP contribution in [-0.2, 0) is 16.0 Å². The molecule has 1 N–H and O–H groups in total. The number of nitrogens with one attached hydrogen (secondary N) is 1. The maximum Gasteiger partial charge on any atom is 0.310 e. The first-order chi connectivity index (χ1) is 13.0. The number of benzene rings is 2. The average Bonchev–Trinajstić information content (AvgIpc) is 2.65. The van der Waals surface area contributed by atoms with Gasteiger partial charge in [0.25, 0.3) is 5.91 Å². The van der Waals surface area contributed by atoms with Gasteiger partial charge in [0, 0.05) is 10.7 Å². The van der Waals surface area contributed by atoms with E-state index < -0.39 is 0 Å². The highest BCUT2D eigenvalue weighted by atomic mass is 35.5. The highest BCUT2D eigenvalue weighted by molar-refractivity contribution is 6.31. The number of hydrogen-bond acceptors (Lipinski definition) is 4. The Morgan fingerprint density at radius 1 is 1.07 bits per heavy atom. The molecule has 0 unspecified atom stereocenters. The van der Waals surface area contributed by atoms with Crippen molar-refractivity contribution in [3.05, 3.63) is 58.6 Å². The monoisotopic (exact) mass is 389 g/mol. The molecular weight excluding hydrogens is 366 g/mol. The summed E-state index contributed by atoms with van der Waals surface area (Å²) in [4.78, 5) is 24.2. The molecule has 0 saturated heterocycles. The number of unbranched alkanes of at least 4 members (excludes halogenated alkanes) is 1. The molecule has 6 heteroatoms. The van der Waals surface area contributed by atoms with Crippen LogP contribution in [0.2, 0.25) is 5.02 Å². The van der Waals surface area contributed by atoms with Crippen LogP contribution in [0.15, 0.2) is 42.5 Å². The Morgan fingerprint density at radius 3 is 2.48 bits per heavy atom. The fourth-order valence-corrected chi connectivity index (χ4v) is 2.59. The van der Waals surface area contributed by atoms with Crippen molar-refractivity contribution in [3.8, 4) is 5.75 Å². The Balaban J connectivity index is 2.06. The third-order valence-corrected chi connectivity index (χ3v) is 4.04. The Kier molecular flexibility index (Phi) is 8.14. The van der Waals surface area contributed by atoms with E-state index in [0.29, 0.717) is 35.2 Å². The predicted octanol–water partition coefficient (Wildman–Crippen LogP) is 4.88. The van der Waals surface area contributed by atoms with Gasteiger partial charge in [-0.2, -0.15) is 0 Å². The fraction of sp³-hybridized carbons (Fsp3) is 0.333. The summed E-state index contributed by atoms with van der Waals surface area (Å²) in [6.45, 7) is 4.74. The second kappa shape index (κ2) is 10.6. The zero-order chi connectivity index (χ0) is 19.6. The smallest absolute Gasteiger partial charge is 0.310 e. The van der Waals surface area contributed by atoms with E-state index in [1.165, 1.54) is 0 Å². The number of halogens is 1. The Labute approximate surface area is 164 Å². The molecule has 0 bridgehead atoms. The highest BCUT2D eigenvalue weighted by Gasteiger charge is 2.14. The van der Waals surface area contributed by atoms with Crippen molar-refractivity contribution in [2.24, 2.45) is 0 Å². The van der Waals surface area contributed by atoms with Crippen LogP contribution in [0.1, 0.15) is 42.6 Å². The number of amides is 1. The molecule has 27 heavy (non-hydrogen) atoms. The topological polar surface area (TPSA) is 64.6 Å². The molecule has 0 heterocycles. The summed E-state index contributed by atoms with van der Waals surface area (Å²) < 4.78 is 10.6. The Bertz CT molecular complexity index is 774. The molecule has 0 aromatic heterocycles. The van der Waals surface area contributed by atoms with E-state index in [2.05, 4.69) is 12.2 Å². The lowest BCUT2D eigenvalue weighted by Gasteiger charge is -2.12. The van der Waals surface area contributed by atoms with Gasteiger partial charge in [-0.15, -0.1) is 0 Å². The standard InChI is InChI=1S/C21H24ClNO4/c1-3-5-12-27-19-11-8-16(22)14-18(19)21(25)23-17-9-6-15(7-10-17)13-20(24)26-4-2/h6-11,14H,3-5,12-13H2,1-2H3,(H,23,25). The summed E-state index contributed by atoms with van der Waals surface area (Å²) in [5, 5.41) is 3.29. The molecule has 1 amide bonds. The number of hydrogen-bond donors (Lipinski definition) is 1. The predicted molar refractivity (Wildman–Crippen MR) is 107 cm³/mol. The molecule has 0 aliphatic heterocycles. The number of carbonyl (C=O) groups excluding carboxylic acids is 2. The third kappa shape index (κ3) is 6.61. The quantitative estimate of drug-likeness (QED) is 0.490. The molecule has 0 fully saturated rings. The van der Waals surface area contributed by atoms with Gasteiger partial charge < -0.3 is 14.8 Å². The van der Waals surface area contributed by atoms with E-state index in [4.69, 9.17) is 21.1 Å². The molecule has 2 aromatic rings. The van der Waals surface area contributed by atoms with Crippen molar-refractivity contribution in [1.29, 1.82) is 0 Å². The van der Waals surface area contributed by atoms with Gasteiger partial charge >= 0.3 is 5.97 Å². The highest BCUT2D eigenvalue weighted by Crippen LogP contribution is 2.24. The molecule has 144 valence electrons. The first-order valence-electron chi connectivity index (χ1n) is 9.01. The lowest BCUT2D eigenvalue weighted by molar-refractivity contribution is -0.142. The normalized spacial score (nSPS) is 10.3. The second-order valence-corrected chi connectivity index (χ2v) is 6.41. The lowest BCUT2D eigenvalue weighted by Crippen LogP contribution is -2.14. The van der Waals surface area contributed by atoms with Gasteiger partial charge in [-0.3, -0.25) is 9.59 Å². The molecule has 0 radical (unpaired) electrons. The van der Waals surface area contributed by atoms with E-state index in [1.54, 1.807) is 49.4 Å². The van der Waals surface area contributed by atoms with Crippen LogP contribution in [0.25, 0.3) is 0 Å². The van der Waals surface area contributed by atoms with E-state index >= 15 is 0 Å². The van der Waals surface area contributed by atoms with Crippen molar-refractivity contribution in [2.75, 3.05) is 18.5 Å². The molecule has 2 aromatic carbocycles. The zero-order valence-corrected chi connectivity index (χ0v) is 16.3. The van der Waals surface area contributed by atoms with Gasteiger partial charge in [0.2, 0.25) is 0 Å². The van der Waals surface area contributed by atoms with Crippen molar-refractivity contribution >= 4 is 29.2 Å². The van der Waals surface area contributed by atoms with Gasteiger partial charge in [0.05, 0.1) is 25.2 Å². The molecule has 2 rings (SSSR count). The number of ether oxygens (including phenoxy) is 2.